The summed E-state index contributed by atoms with van der Waals surface area (Å²) < 4.78 is 15.3. The number of rotatable bonds is 5. The predicted molar refractivity (Wildman–Crippen MR) is 73.7 cm³/mol. The average molecular weight is 295 g/mol. The summed E-state index contributed by atoms with van der Waals surface area (Å²) in [7, 11) is 0. The van der Waals surface area contributed by atoms with E-state index >= 15 is 0 Å². The van der Waals surface area contributed by atoms with Crippen LogP contribution in [0.15, 0.2) is 4.52 Å². The molecular weight excluding hydrogens is 278 g/mol. The van der Waals surface area contributed by atoms with Gasteiger partial charge in [0.1, 0.15) is 11.9 Å². The minimum absolute atomic E-state index is 0.0800. The number of aryl methyl sites for hydroxylation is 2. The first-order chi connectivity index (χ1) is 9.74. The normalized spacial score (nSPS) is 22.3. The first-order valence-corrected chi connectivity index (χ1v) is 7.54. The third-order valence-corrected chi connectivity index (χ3v) is 3.90. The van der Waals surface area contributed by atoms with E-state index in [-0.39, 0.29) is 12.2 Å². The Morgan fingerprint density at radius 1 is 1.35 bits per heavy atom. The van der Waals surface area contributed by atoms with Gasteiger partial charge in [-0.15, -0.1) is 0 Å². The summed E-state index contributed by atoms with van der Waals surface area (Å²) in [5.74, 6) is 2.10. The van der Waals surface area contributed by atoms with E-state index in [0.717, 1.165) is 36.8 Å². The summed E-state index contributed by atoms with van der Waals surface area (Å²) in [6, 6.07) is 0. The summed E-state index contributed by atoms with van der Waals surface area (Å²) in [4.78, 5) is 8.59. The van der Waals surface area contributed by atoms with Crippen molar-refractivity contribution in [1.29, 1.82) is 0 Å². The van der Waals surface area contributed by atoms with E-state index in [0.29, 0.717) is 11.7 Å². The molecule has 0 unspecified atom stereocenters. The van der Waals surface area contributed by atoms with E-state index in [9.17, 15) is 0 Å². The van der Waals surface area contributed by atoms with Crippen LogP contribution in [0.1, 0.15) is 43.4 Å². The predicted octanol–water partition coefficient (Wildman–Crippen LogP) is 2.12. The molecule has 1 fully saturated rings. The number of hydrogen-bond donors (Lipinski definition) is 1. The van der Waals surface area contributed by atoms with Gasteiger partial charge in [0.2, 0.25) is 5.13 Å². The van der Waals surface area contributed by atoms with Gasteiger partial charge in [0, 0.05) is 24.5 Å². The smallest absolute Gasteiger partial charge is 0.255 e. The molecule has 1 saturated heterocycles. The van der Waals surface area contributed by atoms with Gasteiger partial charge in [-0.2, -0.15) is 9.36 Å². The van der Waals surface area contributed by atoms with Crippen molar-refractivity contribution < 1.29 is 9.26 Å². The lowest BCUT2D eigenvalue weighted by molar-refractivity contribution is 0.0326. The molecule has 7 nitrogen and oxygen atoms in total. The first kappa shape index (κ1) is 13.4. The molecule has 2 atom stereocenters. The molecule has 1 aliphatic heterocycles. The van der Waals surface area contributed by atoms with Gasteiger partial charge in [-0.1, -0.05) is 12.1 Å². The Morgan fingerprint density at radius 3 is 2.95 bits per heavy atom. The summed E-state index contributed by atoms with van der Waals surface area (Å²) in [6.45, 7) is 4.58. The Hall–Kier alpha value is -1.54. The van der Waals surface area contributed by atoms with Gasteiger partial charge >= 0.3 is 0 Å². The van der Waals surface area contributed by atoms with E-state index in [4.69, 9.17) is 9.26 Å². The van der Waals surface area contributed by atoms with Gasteiger partial charge in [0.25, 0.3) is 5.89 Å². The summed E-state index contributed by atoms with van der Waals surface area (Å²) in [5.41, 5.74) is 0. The number of ether oxygens (including phenoxy) is 1. The topological polar surface area (TPSA) is 86.0 Å². The van der Waals surface area contributed by atoms with Crippen molar-refractivity contribution in [2.45, 2.75) is 45.3 Å². The van der Waals surface area contributed by atoms with Crippen molar-refractivity contribution in [3.63, 3.8) is 0 Å². The second-order valence-electron chi connectivity index (χ2n) is 4.75. The molecule has 0 bridgehead atoms. The van der Waals surface area contributed by atoms with Crippen molar-refractivity contribution in [3.8, 4) is 0 Å². The monoisotopic (exact) mass is 295 g/mol. The van der Waals surface area contributed by atoms with Gasteiger partial charge in [0.05, 0.1) is 6.10 Å². The molecule has 1 aliphatic rings. The number of nitrogens with one attached hydrogen (secondary N) is 1. The zero-order valence-corrected chi connectivity index (χ0v) is 12.3. The Kier molecular flexibility index (Phi) is 3.93. The van der Waals surface area contributed by atoms with Gasteiger partial charge < -0.3 is 14.6 Å². The maximum atomic E-state index is 5.91. The van der Waals surface area contributed by atoms with Crippen LogP contribution in [0, 0.1) is 6.92 Å². The van der Waals surface area contributed by atoms with Crippen molar-refractivity contribution in [1.82, 2.24) is 19.5 Å². The fraction of sp³-hybridized carbons (Fsp3) is 0.667. The van der Waals surface area contributed by atoms with Crippen LogP contribution >= 0.6 is 11.5 Å². The highest BCUT2D eigenvalue weighted by Gasteiger charge is 2.30. The van der Waals surface area contributed by atoms with Gasteiger partial charge in [-0.05, 0) is 19.8 Å². The maximum absolute atomic E-state index is 5.91. The quantitative estimate of drug-likeness (QED) is 0.904. The fourth-order valence-corrected chi connectivity index (χ4v) is 2.81. The van der Waals surface area contributed by atoms with Gasteiger partial charge in [0.15, 0.2) is 5.82 Å². The molecule has 2 aromatic heterocycles. The van der Waals surface area contributed by atoms with Crippen molar-refractivity contribution in [3.05, 3.63) is 17.5 Å². The van der Waals surface area contributed by atoms with Crippen LogP contribution in [0.3, 0.4) is 0 Å². The SMILES string of the molecule is CCc1nsc(NC[C@H]2CC[C@@H](c3nc(C)no3)O2)n1. The molecule has 108 valence electrons. The highest BCUT2D eigenvalue weighted by atomic mass is 32.1. The highest BCUT2D eigenvalue weighted by Crippen LogP contribution is 2.31. The molecule has 0 spiro atoms. The molecule has 0 aliphatic carbocycles. The van der Waals surface area contributed by atoms with Crippen molar-refractivity contribution >= 4 is 16.7 Å². The zero-order chi connectivity index (χ0) is 13.9. The highest BCUT2D eigenvalue weighted by molar-refractivity contribution is 7.09. The summed E-state index contributed by atoms with van der Waals surface area (Å²) in [6.07, 6.45) is 2.80. The lowest BCUT2D eigenvalue weighted by atomic mass is 10.2. The molecule has 1 N–H and O–H groups in total. The number of anilines is 1. The standard InChI is InChI=1S/C12H17N5O2S/c1-3-10-15-12(20-17-10)13-6-8-4-5-9(18-8)11-14-7(2)16-19-11/h8-9H,3-6H2,1-2H3,(H,13,15,17)/t8-,9+/m1/s1. The molecule has 8 heteroatoms. The molecular formula is C12H17N5O2S. The minimum atomic E-state index is -0.0800. The molecule has 0 saturated carbocycles. The molecule has 0 amide bonds. The van der Waals surface area contributed by atoms with Crippen LogP contribution in [0.5, 0.6) is 0 Å². The second-order valence-corrected chi connectivity index (χ2v) is 5.51. The first-order valence-electron chi connectivity index (χ1n) is 6.76. The lowest BCUT2D eigenvalue weighted by Crippen LogP contribution is -2.19. The van der Waals surface area contributed by atoms with Crippen LogP contribution in [0.2, 0.25) is 0 Å². The summed E-state index contributed by atoms with van der Waals surface area (Å²) in [5, 5.41) is 7.91. The van der Waals surface area contributed by atoms with Crippen LogP contribution in [-0.2, 0) is 11.2 Å². The molecule has 3 rings (SSSR count). The van der Waals surface area contributed by atoms with Crippen LogP contribution in [0.25, 0.3) is 0 Å². The largest absolute Gasteiger partial charge is 0.363 e. The van der Waals surface area contributed by atoms with Crippen LogP contribution in [-0.4, -0.2) is 32.1 Å². The van der Waals surface area contributed by atoms with Crippen molar-refractivity contribution in [2.75, 3.05) is 11.9 Å². The van der Waals surface area contributed by atoms with Crippen molar-refractivity contribution in [2.24, 2.45) is 0 Å². The number of aromatic nitrogens is 4. The number of nitrogens with zero attached hydrogens (tertiary/aromatic N) is 4. The minimum Gasteiger partial charge on any atom is -0.363 e. The third kappa shape index (κ3) is 2.96. The van der Waals surface area contributed by atoms with Gasteiger partial charge in [-0.25, -0.2) is 4.98 Å². The Bertz CT molecular complexity index is 570. The van der Waals surface area contributed by atoms with E-state index in [1.54, 1.807) is 0 Å². The van der Waals surface area contributed by atoms with Crippen LogP contribution in [0.4, 0.5) is 5.13 Å². The third-order valence-electron chi connectivity index (χ3n) is 3.19. The second kappa shape index (κ2) is 5.84. The van der Waals surface area contributed by atoms with E-state index in [1.807, 2.05) is 13.8 Å². The summed E-state index contributed by atoms with van der Waals surface area (Å²) >= 11 is 1.39. The Labute approximate surface area is 120 Å². The zero-order valence-electron chi connectivity index (χ0n) is 11.5. The maximum Gasteiger partial charge on any atom is 0.255 e. The van der Waals surface area contributed by atoms with E-state index in [1.165, 1.54) is 11.5 Å². The Balaban J connectivity index is 1.50. The van der Waals surface area contributed by atoms with Gasteiger partial charge in [-0.3, -0.25) is 0 Å². The molecule has 3 heterocycles. The fourth-order valence-electron chi connectivity index (χ4n) is 2.15. The van der Waals surface area contributed by atoms with Crippen LogP contribution < -0.4 is 5.32 Å². The Morgan fingerprint density at radius 2 is 2.25 bits per heavy atom. The van der Waals surface area contributed by atoms with E-state index in [2.05, 4.69) is 24.8 Å². The molecule has 0 aromatic carbocycles. The van der Waals surface area contributed by atoms with E-state index < -0.39 is 0 Å². The lowest BCUT2D eigenvalue weighted by Gasteiger charge is -2.11. The molecule has 20 heavy (non-hydrogen) atoms. The average Bonchev–Trinajstić information content (AvgIpc) is 3.16. The molecule has 2 aromatic rings. The molecule has 0 radical (unpaired) electrons. The number of hydrogen-bond acceptors (Lipinski definition) is 8.